The van der Waals surface area contributed by atoms with Gasteiger partial charge in [0.1, 0.15) is 0 Å². The number of aromatic amines is 1. The Balaban J connectivity index is 1.75. The number of anilines is 1. The van der Waals surface area contributed by atoms with Crippen molar-refractivity contribution in [2.45, 2.75) is 32.7 Å². The third kappa shape index (κ3) is 3.13. The first kappa shape index (κ1) is 16.8. The summed E-state index contributed by atoms with van der Waals surface area (Å²) in [4.78, 5) is 26.8. The second-order valence-corrected chi connectivity index (χ2v) is 6.57. The predicted molar refractivity (Wildman–Crippen MR) is 94.6 cm³/mol. The number of carboxylic acids is 1. The Bertz CT molecular complexity index is 952. The van der Waals surface area contributed by atoms with Gasteiger partial charge >= 0.3 is 5.97 Å². The SMILES string of the molecule is Cc1cccc2[nH]cc(CC(=O)Nc3cnn(C(C)(C)C(=O)O)c3)c12. The number of aliphatic carboxylic acids is 1. The van der Waals surface area contributed by atoms with E-state index in [1.54, 1.807) is 13.8 Å². The van der Waals surface area contributed by atoms with Crippen LogP contribution in [0.5, 0.6) is 0 Å². The summed E-state index contributed by atoms with van der Waals surface area (Å²) in [5.41, 5.74) is 2.31. The summed E-state index contributed by atoms with van der Waals surface area (Å²) in [5, 5.41) is 17.1. The van der Waals surface area contributed by atoms with Crippen LogP contribution in [0.2, 0.25) is 0 Å². The minimum Gasteiger partial charge on any atom is -0.479 e. The van der Waals surface area contributed by atoms with Crippen molar-refractivity contribution in [2.75, 3.05) is 5.32 Å². The molecule has 0 spiro atoms. The second kappa shape index (κ2) is 6.08. The Morgan fingerprint density at radius 3 is 2.84 bits per heavy atom. The molecule has 0 aliphatic heterocycles. The highest BCUT2D eigenvalue weighted by Crippen LogP contribution is 2.23. The standard InChI is InChI=1S/C18H20N4O3/c1-11-5-4-6-14-16(11)12(8-19-14)7-15(23)21-13-9-20-22(10-13)18(2,3)17(24)25/h4-6,8-10,19H,7H2,1-3H3,(H,21,23)(H,24,25). The van der Waals surface area contributed by atoms with Gasteiger partial charge in [-0.1, -0.05) is 12.1 Å². The number of amides is 1. The summed E-state index contributed by atoms with van der Waals surface area (Å²) in [7, 11) is 0. The van der Waals surface area contributed by atoms with Crippen LogP contribution in [0.15, 0.2) is 36.8 Å². The zero-order valence-corrected chi connectivity index (χ0v) is 14.3. The Morgan fingerprint density at radius 2 is 2.12 bits per heavy atom. The molecular weight excluding hydrogens is 320 g/mol. The molecule has 3 aromatic rings. The van der Waals surface area contributed by atoms with Crippen LogP contribution >= 0.6 is 0 Å². The lowest BCUT2D eigenvalue weighted by Crippen LogP contribution is -2.35. The lowest BCUT2D eigenvalue weighted by Gasteiger charge is -2.19. The number of carbonyl (C=O) groups is 2. The first-order valence-corrected chi connectivity index (χ1v) is 7.93. The van der Waals surface area contributed by atoms with Crippen molar-refractivity contribution in [3.63, 3.8) is 0 Å². The van der Waals surface area contributed by atoms with E-state index in [0.29, 0.717) is 5.69 Å². The zero-order chi connectivity index (χ0) is 18.2. The summed E-state index contributed by atoms with van der Waals surface area (Å²) in [5.74, 6) is -1.18. The van der Waals surface area contributed by atoms with Gasteiger partial charge in [-0.05, 0) is 38.0 Å². The van der Waals surface area contributed by atoms with E-state index in [1.807, 2.05) is 31.3 Å². The molecule has 3 rings (SSSR count). The number of aryl methyl sites for hydroxylation is 1. The minimum absolute atomic E-state index is 0.183. The van der Waals surface area contributed by atoms with Crippen LogP contribution in [0.25, 0.3) is 10.9 Å². The van der Waals surface area contributed by atoms with Gasteiger partial charge in [0.2, 0.25) is 5.91 Å². The predicted octanol–water partition coefficient (Wildman–Crippen LogP) is 2.67. The van der Waals surface area contributed by atoms with Gasteiger partial charge in [0.15, 0.2) is 5.54 Å². The number of hydrogen-bond donors (Lipinski definition) is 3. The Kier molecular flexibility index (Phi) is 4.08. The number of carboxylic acid groups (broad SMARTS) is 1. The molecule has 1 aromatic carbocycles. The van der Waals surface area contributed by atoms with Gasteiger partial charge < -0.3 is 15.4 Å². The first-order valence-electron chi connectivity index (χ1n) is 7.93. The van der Waals surface area contributed by atoms with E-state index >= 15 is 0 Å². The van der Waals surface area contributed by atoms with E-state index in [0.717, 1.165) is 22.0 Å². The highest BCUT2D eigenvalue weighted by Gasteiger charge is 2.30. The number of nitrogens with one attached hydrogen (secondary N) is 2. The molecule has 130 valence electrons. The molecule has 0 saturated heterocycles. The van der Waals surface area contributed by atoms with Crippen LogP contribution in [-0.4, -0.2) is 31.7 Å². The van der Waals surface area contributed by atoms with E-state index in [9.17, 15) is 14.7 Å². The van der Waals surface area contributed by atoms with Gasteiger partial charge in [0, 0.05) is 23.3 Å². The number of rotatable bonds is 5. The van der Waals surface area contributed by atoms with Crippen molar-refractivity contribution in [1.82, 2.24) is 14.8 Å². The summed E-state index contributed by atoms with van der Waals surface area (Å²) in [6.45, 7) is 5.10. The fourth-order valence-electron chi connectivity index (χ4n) is 2.76. The molecule has 0 bridgehead atoms. The summed E-state index contributed by atoms with van der Waals surface area (Å²) < 4.78 is 1.32. The number of hydrogen-bond acceptors (Lipinski definition) is 3. The molecule has 0 atom stereocenters. The molecule has 7 nitrogen and oxygen atoms in total. The molecule has 3 N–H and O–H groups in total. The van der Waals surface area contributed by atoms with Crippen molar-refractivity contribution in [3.8, 4) is 0 Å². The molecule has 2 aromatic heterocycles. The molecule has 0 saturated carbocycles. The van der Waals surface area contributed by atoms with Crippen molar-refractivity contribution in [3.05, 3.63) is 47.9 Å². The van der Waals surface area contributed by atoms with Crippen molar-refractivity contribution < 1.29 is 14.7 Å². The van der Waals surface area contributed by atoms with Gasteiger partial charge in [0.25, 0.3) is 0 Å². The fraction of sp³-hybridized carbons (Fsp3) is 0.278. The van der Waals surface area contributed by atoms with E-state index < -0.39 is 11.5 Å². The van der Waals surface area contributed by atoms with Crippen LogP contribution in [0.4, 0.5) is 5.69 Å². The minimum atomic E-state index is -1.18. The second-order valence-electron chi connectivity index (χ2n) is 6.57. The van der Waals surface area contributed by atoms with E-state index in [1.165, 1.54) is 17.1 Å². The largest absolute Gasteiger partial charge is 0.479 e. The zero-order valence-electron chi connectivity index (χ0n) is 14.3. The van der Waals surface area contributed by atoms with E-state index in [2.05, 4.69) is 15.4 Å². The Hall–Kier alpha value is -3.09. The molecule has 2 heterocycles. The Labute approximate surface area is 144 Å². The van der Waals surface area contributed by atoms with Crippen molar-refractivity contribution in [1.29, 1.82) is 0 Å². The van der Waals surface area contributed by atoms with Crippen LogP contribution in [-0.2, 0) is 21.5 Å². The third-order valence-corrected chi connectivity index (χ3v) is 4.31. The number of H-pyrrole nitrogens is 1. The van der Waals surface area contributed by atoms with Gasteiger partial charge in [-0.3, -0.25) is 9.48 Å². The van der Waals surface area contributed by atoms with Crippen LogP contribution < -0.4 is 5.32 Å². The normalized spacial score (nSPS) is 11.6. The molecule has 7 heteroatoms. The fourth-order valence-corrected chi connectivity index (χ4v) is 2.76. The number of fused-ring (bicyclic) bond motifs is 1. The van der Waals surface area contributed by atoms with Crippen molar-refractivity contribution >= 4 is 28.5 Å². The first-order chi connectivity index (χ1) is 11.8. The lowest BCUT2D eigenvalue weighted by molar-refractivity contribution is -0.146. The average Bonchev–Trinajstić information content (AvgIpc) is 3.15. The molecule has 0 aliphatic carbocycles. The Morgan fingerprint density at radius 1 is 1.36 bits per heavy atom. The molecule has 0 aliphatic rings. The average molecular weight is 340 g/mol. The molecule has 0 fully saturated rings. The molecule has 0 radical (unpaired) electrons. The van der Waals surface area contributed by atoms with Gasteiger partial charge in [-0.15, -0.1) is 0 Å². The number of benzene rings is 1. The maximum absolute atomic E-state index is 12.3. The smallest absolute Gasteiger partial charge is 0.331 e. The summed E-state index contributed by atoms with van der Waals surface area (Å²) in [6, 6.07) is 5.95. The van der Waals surface area contributed by atoms with Crippen LogP contribution in [0.3, 0.4) is 0 Å². The van der Waals surface area contributed by atoms with Crippen molar-refractivity contribution in [2.24, 2.45) is 0 Å². The van der Waals surface area contributed by atoms with E-state index in [4.69, 9.17) is 0 Å². The molecule has 25 heavy (non-hydrogen) atoms. The number of nitrogens with zero attached hydrogens (tertiary/aromatic N) is 2. The van der Waals surface area contributed by atoms with Gasteiger partial charge in [-0.2, -0.15) is 5.10 Å². The highest BCUT2D eigenvalue weighted by molar-refractivity contribution is 5.96. The summed E-state index contributed by atoms with van der Waals surface area (Å²) >= 11 is 0. The van der Waals surface area contributed by atoms with Crippen LogP contribution in [0, 0.1) is 6.92 Å². The molecular formula is C18H20N4O3. The summed E-state index contributed by atoms with van der Waals surface area (Å²) in [6.07, 6.45) is 5.03. The van der Waals surface area contributed by atoms with Gasteiger partial charge in [0.05, 0.1) is 18.3 Å². The van der Waals surface area contributed by atoms with Gasteiger partial charge in [-0.25, -0.2) is 4.79 Å². The molecule has 1 amide bonds. The lowest BCUT2D eigenvalue weighted by atomic mass is 10.1. The maximum atomic E-state index is 12.3. The monoisotopic (exact) mass is 340 g/mol. The van der Waals surface area contributed by atoms with Crippen LogP contribution in [0.1, 0.15) is 25.0 Å². The number of carbonyl (C=O) groups excluding carboxylic acids is 1. The van der Waals surface area contributed by atoms with E-state index in [-0.39, 0.29) is 12.3 Å². The maximum Gasteiger partial charge on any atom is 0.331 e. The number of aromatic nitrogens is 3. The topological polar surface area (TPSA) is 100 Å². The third-order valence-electron chi connectivity index (χ3n) is 4.31. The highest BCUT2D eigenvalue weighted by atomic mass is 16.4. The molecule has 0 unspecified atom stereocenters. The quantitative estimate of drug-likeness (QED) is 0.665.